The Kier molecular flexibility index (Phi) is 7.67. The normalized spacial score (nSPS) is 14.3. The maximum Gasteiger partial charge on any atom is 0.250 e. The molecule has 0 N–H and O–H groups in total. The van der Waals surface area contributed by atoms with Crippen molar-refractivity contribution in [3.05, 3.63) is 30.3 Å². The Morgan fingerprint density at radius 3 is 1.26 bits per heavy atom. The fourth-order valence-electron chi connectivity index (χ4n) is 2.82. The molecule has 0 aromatic heterocycles. The van der Waals surface area contributed by atoms with Gasteiger partial charge in [-0.2, -0.15) is 0 Å². The van der Waals surface area contributed by atoms with Gasteiger partial charge in [-0.15, -0.1) is 0 Å². The summed E-state index contributed by atoms with van der Waals surface area (Å²) in [5.74, 6) is 2.64. The minimum atomic E-state index is -2.11. The van der Waals surface area contributed by atoms with Crippen LogP contribution in [0.15, 0.2) is 30.3 Å². The molecule has 2 rings (SSSR count). The van der Waals surface area contributed by atoms with Crippen LogP contribution < -0.4 is 13.3 Å². The third kappa shape index (κ3) is 5.93. The molecule has 0 fully saturated rings. The Labute approximate surface area is 213 Å². The molecule has 3 nitrogen and oxygen atoms in total. The molecular formula is C28H50O3Si3. The van der Waals surface area contributed by atoms with E-state index < -0.39 is 25.0 Å². The molecule has 34 heavy (non-hydrogen) atoms. The second-order valence-corrected chi connectivity index (χ2v) is 28.5. The van der Waals surface area contributed by atoms with Crippen LogP contribution in [-0.4, -0.2) is 25.0 Å². The zero-order chi connectivity index (χ0) is 26.5. The number of fused-ring (bicyclic) bond motifs is 1. The molecule has 0 aliphatic carbocycles. The predicted molar refractivity (Wildman–Crippen MR) is 157 cm³/mol. The van der Waals surface area contributed by atoms with Gasteiger partial charge in [0, 0.05) is 16.8 Å². The monoisotopic (exact) mass is 518 g/mol. The van der Waals surface area contributed by atoms with Crippen LogP contribution in [0.3, 0.4) is 0 Å². The Morgan fingerprint density at radius 2 is 0.853 bits per heavy atom. The molecule has 0 saturated carbocycles. The lowest BCUT2D eigenvalue weighted by Crippen LogP contribution is -2.46. The van der Waals surface area contributed by atoms with Crippen molar-refractivity contribution in [2.24, 2.45) is 0 Å². The molecule has 0 unspecified atom stereocenters. The molecular weight excluding hydrogens is 469 g/mol. The fourth-order valence-corrected chi connectivity index (χ4v) is 5.88. The molecule has 2 aromatic carbocycles. The summed E-state index contributed by atoms with van der Waals surface area (Å²) in [6.07, 6.45) is 0. The van der Waals surface area contributed by atoms with Crippen LogP contribution in [0.4, 0.5) is 0 Å². The van der Waals surface area contributed by atoms with E-state index in [1.807, 2.05) is 0 Å². The van der Waals surface area contributed by atoms with Crippen LogP contribution in [0.2, 0.25) is 54.4 Å². The van der Waals surface area contributed by atoms with Crippen LogP contribution in [0.25, 0.3) is 10.8 Å². The van der Waals surface area contributed by atoms with E-state index in [9.17, 15) is 0 Å². The van der Waals surface area contributed by atoms with Crippen molar-refractivity contribution in [1.29, 1.82) is 0 Å². The quantitative estimate of drug-likeness (QED) is 0.356. The Morgan fingerprint density at radius 1 is 0.500 bits per heavy atom. The largest absolute Gasteiger partial charge is 0.543 e. The van der Waals surface area contributed by atoms with E-state index in [2.05, 4.69) is 132 Å². The topological polar surface area (TPSA) is 27.7 Å². The Balaban J connectivity index is 2.84. The average molecular weight is 519 g/mol. The highest BCUT2D eigenvalue weighted by Crippen LogP contribution is 2.50. The maximum atomic E-state index is 7.01. The van der Waals surface area contributed by atoms with Gasteiger partial charge in [-0.25, -0.2) is 0 Å². The summed E-state index contributed by atoms with van der Waals surface area (Å²) in [5, 5.41) is 2.44. The molecule has 192 valence electrons. The predicted octanol–water partition coefficient (Wildman–Crippen LogP) is 9.99. The fraction of sp³-hybridized carbons (Fsp3) is 0.643. The van der Waals surface area contributed by atoms with E-state index >= 15 is 0 Å². The van der Waals surface area contributed by atoms with Crippen molar-refractivity contribution < 1.29 is 13.3 Å². The number of benzene rings is 2. The van der Waals surface area contributed by atoms with Gasteiger partial charge >= 0.3 is 0 Å². The third-order valence-electron chi connectivity index (χ3n) is 8.43. The minimum Gasteiger partial charge on any atom is -0.543 e. The molecule has 0 radical (unpaired) electrons. The highest BCUT2D eigenvalue weighted by molar-refractivity contribution is 6.76. The standard InChI is InChI=1S/C28H50O3Si3/c1-26(2,3)32(10,11)29-23-20-24(30-33(12,13)27(4,5)6)25(22-19-17-16-18-21(22)23)31-34(14,15)28(7,8)9/h16-20H,1-15H3. The summed E-state index contributed by atoms with van der Waals surface area (Å²) in [5.41, 5.74) is 0. The molecule has 0 aliphatic heterocycles. The van der Waals surface area contributed by atoms with Crippen molar-refractivity contribution >= 4 is 35.7 Å². The molecule has 6 heteroatoms. The maximum absolute atomic E-state index is 7.01. The van der Waals surface area contributed by atoms with Gasteiger partial charge in [-0.1, -0.05) is 86.6 Å². The Bertz CT molecular complexity index is 1020. The summed E-state index contributed by atoms with van der Waals surface area (Å²) < 4.78 is 20.9. The van der Waals surface area contributed by atoms with E-state index in [-0.39, 0.29) is 15.1 Å². The van der Waals surface area contributed by atoms with Gasteiger partial charge in [0.25, 0.3) is 25.0 Å². The van der Waals surface area contributed by atoms with E-state index in [4.69, 9.17) is 13.3 Å². The van der Waals surface area contributed by atoms with Gasteiger partial charge in [-0.3, -0.25) is 0 Å². The first kappa shape index (κ1) is 29.0. The molecule has 0 bridgehead atoms. The minimum absolute atomic E-state index is 0.0767. The SMILES string of the molecule is CC(C)(C)[Si](C)(C)Oc1cc(O[Si](C)(C)C(C)(C)C)c2ccccc2c1O[Si](C)(C)C(C)(C)C. The molecule has 0 amide bonds. The van der Waals surface area contributed by atoms with Crippen LogP contribution in [-0.2, 0) is 0 Å². The lowest BCUT2D eigenvalue weighted by molar-refractivity contribution is 0.439. The summed E-state index contributed by atoms with van der Waals surface area (Å²) in [7, 11) is -6.27. The molecule has 0 spiro atoms. The van der Waals surface area contributed by atoms with Crippen molar-refractivity contribution in [2.45, 2.75) is 117 Å². The second-order valence-electron chi connectivity index (χ2n) is 14.3. The van der Waals surface area contributed by atoms with Crippen LogP contribution >= 0.6 is 0 Å². The van der Waals surface area contributed by atoms with E-state index in [0.29, 0.717) is 0 Å². The molecule has 0 aliphatic rings. The van der Waals surface area contributed by atoms with E-state index in [1.54, 1.807) is 0 Å². The third-order valence-corrected chi connectivity index (χ3v) is 21.4. The van der Waals surface area contributed by atoms with Gasteiger partial charge in [0.15, 0.2) is 5.75 Å². The average Bonchev–Trinajstić information content (AvgIpc) is 2.61. The van der Waals surface area contributed by atoms with Crippen molar-refractivity contribution in [3.63, 3.8) is 0 Å². The number of rotatable bonds is 6. The smallest absolute Gasteiger partial charge is 0.250 e. The Hall–Kier alpha value is -1.25. The molecule has 0 atom stereocenters. The first-order valence-electron chi connectivity index (χ1n) is 12.6. The van der Waals surface area contributed by atoms with E-state index in [0.717, 1.165) is 28.0 Å². The highest BCUT2D eigenvalue weighted by atomic mass is 28.4. The second kappa shape index (κ2) is 9.00. The summed E-state index contributed by atoms with van der Waals surface area (Å²) in [6.45, 7) is 34.3. The zero-order valence-electron chi connectivity index (χ0n) is 24.6. The van der Waals surface area contributed by atoms with E-state index in [1.165, 1.54) is 0 Å². The van der Waals surface area contributed by atoms with Crippen molar-refractivity contribution in [1.82, 2.24) is 0 Å². The molecule has 2 aromatic rings. The molecule has 0 saturated heterocycles. The molecule has 0 heterocycles. The lowest BCUT2D eigenvalue weighted by Gasteiger charge is -2.41. The van der Waals surface area contributed by atoms with Gasteiger partial charge < -0.3 is 13.3 Å². The summed E-state index contributed by atoms with van der Waals surface area (Å²) in [6, 6.07) is 10.6. The number of hydrogen-bond donors (Lipinski definition) is 0. The van der Waals surface area contributed by atoms with Gasteiger partial charge in [0.05, 0.1) is 0 Å². The number of hydrogen-bond acceptors (Lipinski definition) is 3. The van der Waals surface area contributed by atoms with Crippen LogP contribution in [0.1, 0.15) is 62.3 Å². The first-order valence-corrected chi connectivity index (χ1v) is 21.4. The van der Waals surface area contributed by atoms with Crippen LogP contribution in [0, 0.1) is 0 Å². The zero-order valence-corrected chi connectivity index (χ0v) is 27.6. The highest BCUT2D eigenvalue weighted by Gasteiger charge is 2.44. The van der Waals surface area contributed by atoms with Gasteiger partial charge in [0.2, 0.25) is 0 Å². The lowest BCUT2D eigenvalue weighted by atomic mass is 10.1. The summed E-state index contributed by atoms with van der Waals surface area (Å²) in [4.78, 5) is 0. The summed E-state index contributed by atoms with van der Waals surface area (Å²) >= 11 is 0. The van der Waals surface area contributed by atoms with Crippen molar-refractivity contribution in [3.8, 4) is 17.2 Å². The van der Waals surface area contributed by atoms with Gasteiger partial charge in [-0.05, 0) is 54.4 Å². The van der Waals surface area contributed by atoms with Crippen molar-refractivity contribution in [2.75, 3.05) is 0 Å². The van der Waals surface area contributed by atoms with Gasteiger partial charge in [0.1, 0.15) is 11.5 Å². The first-order chi connectivity index (χ1) is 15.0. The van der Waals surface area contributed by atoms with Crippen LogP contribution in [0.5, 0.6) is 17.2 Å².